The second-order valence-electron chi connectivity index (χ2n) is 7.11. The molecular formula is C17H28N4O4S. The molecule has 0 N–H and O–H groups in total. The molecule has 2 bridgehead atoms. The zero-order chi connectivity index (χ0) is 19.1. The fourth-order valence-electron chi connectivity index (χ4n) is 4.01. The second kappa shape index (κ2) is 7.28. The molecule has 146 valence electrons. The highest BCUT2D eigenvalue weighted by Crippen LogP contribution is 2.32. The predicted octanol–water partition coefficient (Wildman–Crippen LogP) is 1.30. The van der Waals surface area contributed by atoms with Crippen LogP contribution < -0.4 is 0 Å². The van der Waals surface area contributed by atoms with Crippen LogP contribution in [0, 0.1) is 19.8 Å². The molecule has 3 aliphatic rings. The molecule has 0 aromatic carbocycles. The van der Waals surface area contributed by atoms with Crippen LogP contribution in [-0.2, 0) is 21.5 Å². The summed E-state index contributed by atoms with van der Waals surface area (Å²) >= 11 is 0. The highest BCUT2D eigenvalue weighted by molar-refractivity contribution is 7.86. The number of rotatable bonds is 6. The maximum absolute atomic E-state index is 13.0. The topological polar surface area (TPSA) is 87.0 Å². The van der Waals surface area contributed by atoms with Gasteiger partial charge in [-0.1, -0.05) is 19.0 Å². The van der Waals surface area contributed by atoms with Gasteiger partial charge in [0.05, 0.1) is 18.2 Å². The minimum Gasteiger partial charge on any atom is -0.361 e. The first-order valence-electron chi connectivity index (χ1n) is 9.27. The van der Waals surface area contributed by atoms with Crippen LogP contribution >= 0.6 is 0 Å². The van der Waals surface area contributed by atoms with Gasteiger partial charge in [0.15, 0.2) is 0 Å². The third-order valence-electron chi connectivity index (χ3n) is 5.63. The predicted molar refractivity (Wildman–Crippen MR) is 96.5 cm³/mol. The molecule has 4 rings (SSSR count). The number of amides is 1. The lowest BCUT2D eigenvalue weighted by Crippen LogP contribution is -2.48. The third-order valence-corrected chi connectivity index (χ3v) is 7.75. The monoisotopic (exact) mass is 384 g/mol. The SMILES string of the molecule is CCN(CC)S(=O)(=O)N1C[C@@H]2CC[C@H](C1)N(Cc1c(C)noc1C)C2=O. The summed E-state index contributed by atoms with van der Waals surface area (Å²) < 4.78 is 34.1. The van der Waals surface area contributed by atoms with Gasteiger partial charge in [-0.3, -0.25) is 4.79 Å². The molecule has 0 spiro atoms. The van der Waals surface area contributed by atoms with Gasteiger partial charge in [0.25, 0.3) is 10.2 Å². The molecule has 3 fully saturated rings. The largest absolute Gasteiger partial charge is 0.361 e. The normalized spacial score (nSPS) is 24.5. The zero-order valence-electron chi connectivity index (χ0n) is 15.9. The molecule has 2 atom stereocenters. The lowest BCUT2D eigenvalue weighted by Gasteiger charge is -2.36. The number of nitrogens with zero attached hydrogens (tertiary/aromatic N) is 4. The molecule has 0 saturated carbocycles. The van der Waals surface area contributed by atoms with E-state index in [2.05, 4.69) is 5.16 Å². The first-order chi connectivity index (χ1) is 12.3. The smallest absolute Gasteiger partial charge is 0.282 e. The Labute approximate surface area is 155 Å². The number of fused-ring (bicyclic) bond motifs is 4. The van der Waals surface area contributed by atoms with Crippen LogP contribution in [0.3, 0.4) is 0 Å². The summed E-state index contributed by atoms with van der Waals surface area (Å²) in [5.41, 5.74) is 1.70. The maximum Gasteiger partial charge on any atom is 0.282 e. The molecule has 0 radical (unpaired) electrons. The Balaban J connectivity index is 1.86. The Hall–Kier alpha value is -1.45. The number of aryl methyl sites for hydroxylation is 2. The van der Waals surface area contributed by atoms with E-state index in [1.807, 2.05) is 32.6 Å². The van der Waals surface area contributed by atoms with Crippen LogP contribution in [0.1, 0.15) is 43.7 Å². The highest BCUT2D eigenvalue weighted by atomic mass is 32.2. The number of carbonyl (C=O) groups is 1. The van der Waals surface area contributed by atoms with E-state index in [0.717, 1.165) is 24.1 Å². The van der Waals surface area contributed by atoms with Crippen molar-refractivity contribution in [3.8, 4) is 0 Å². The number of aromatic nitrogens is 1. The van der Waals surface area contributed by atoms with Crippen LogP contribution in [-0.4, -0.2) is 65.2 Å². The number of piperidine rings is 1. The van der Waals surface area contributed by atoms with Gasteiger partial charge in [-0.2, -0.15) is 17.0 Å². The molecule has 3 aliphatic heterocycles. The van der Waals surface area contributed by atoms with Crippen LogP contribution in [0.25, 0.3) is 0 Å². The van der Waals surface area contributed by atoms with E-state index in [-0.39, 0.29) is 24.4 Å². The van der Waals surface area contributed by atoms with Gasteiger partial charge < -0.3 is 9.42 Å². The molecule has 9 heteroatoms. The zero-order valence-corrected chi connectivity index (χ0v) is 16.8. The summed E-state index contributed by atoms with van der Waals surface area (Å²) in [6, 6.07) is -0.111. The van der Waals surface area contributed by atoms with E-state index in [4.69, 9.17) is 4.52 Å². The Morgan fingerprint density at radius 2 is 1.88 bits per heavy atom. The van der Waals surface area contributed by atoms with Crippen molar-refractivity contribution < 1.29 is 17.7 Å². The summed E-state index contributed by atoms with van der Waals surface area (Å²) in [6.45, 7) is 9.29. The molecule has 4 heterocycles. The van der Waals surface area contributed by atoms with Crippen molar-refractivity contribution in [2.24, 2.45) is 5.92 Å². The van der Waals surface area contributed by atoms with Crippen LogP contribution in [0.4, 0.5) is 0 Å². The molecule has 0 aliphatic carbocycles. The highest BCUT2D eigenvalue weighted by Gasteiger charge is 2.45. The van der Waals surface area contributed by atoms with E-state index >= 15 is 0 Å². The molecule has 0 unspecified atom stereocenters. The van der Waals surface area contributed by atoms with Crippen LogP contribution in [0.5, 0.6) is 0 Å². The van der Waals surface area contributed by atoms with E-state index in [1.165, 1.54) is 8.61 Å². The summed E-state index contributed by atoms with van der Waals surface area (Å²) in [4.78, 5) is 14.8. The minimum atomic E-state index is -3.54. The molecule has 1 amide bonds. The van der Waals surface area contributed by atoms with Crippen molar-refractivity contribution in [1.29, 1.82) is 0 Å². The molecule has 1 aromatic rings. The quantitative estimate of drug-likeness (QED) is 0.738. The van der Waals surface area contributed by atoms with Gasteiger partial charge in [-0.25, -0.2) is 0 Å². The van der Waals surface area contributed by atoms with E-state index in [9.17, 15) is 13.2 Å². The van der Waals surface area contributed by atoms with Gasteiger partial charge >= 0.3 is 0 Å². The molecule has 3 saturated heterocycles. The number of hydrogen-bond donors (Lipinski definition) is 0. The lowest BCUT2D eigenvalue weighted by molar-refractivity contribution is -0.140. The van der Waals surface area contributed by atoms with E-state index < -0.39 is 10.2 Å². The Bertz CT molecular complexity index is 752. The van der Waals surface area contributed by atoms with Gasteiger partial charge in [0, 0.05) is 37.8 Å². The van der Waals surface area contributed by atoms with Crippen molar-refractivity contribution in [2.45, 2.75) is 53.1 Å². The fourth-order valence-corrected chi connectivity index (χ4v) is 5.72. The Morgan fingerprint density at radius 3 is 2.46 bits per heavy atom. The van der Waals surface area contributed by atoms with Gasteiger partial charge in [0.2, 0.25) is 5.91 Å². The van der Waals surface area contributed by atoms with Crippen molar-refractivity contribution in [3.63, 3.8) is 0 Å². The van der Waals surface area contributed by atoms with Crippen LogP contribution in [0.15, 0.2) is 4.52 Å². The lowest BCUT2D eigenvalue weighted by atomic mass is 9.93. The Morgan fingerprint density at radius 1 is 1.19 bits per heavy atom. The summed E-state index contributed by atoms with van der Waals surface area (Å²) in [6.07, 6.45) is 1.57. The number of hydrogen-bond acceptors (Lipinski definition) is 5. The average molecular weight is 385 g/mol. The number of carbonyl (C=O) groups excluding carboxylic acids is 1. The fraction of sp³-hybridized carbons (Fsp3) is 0.765. The first-order valence-corrected chi connectivity index (χ1v) is 10.7. The third kappa shape index (κ3) is 3.27. The molecule has 8 nitrogen and oxygen atoms in total. The van der Waals surface area contributed by atoms with Gasteiger partial charge in [-0.15, -0.1) is 0 Å². The molecule has 26 heavy (non-hydrogen) atoms. The van der Waals surface area contributed by atoms with Crippen molar-refractivity contribution in [3.05, 3.63) is 17.0 Å². The minimum absolute atomic E-state index is 0.0403. The Kier molecular flexibility index (Phi) is 5.41. The van der Waals surface area contributed by atoms with Crippen LogP contribution in [0.2, 0.25) is 0 Å². The molecular weight excluding hydrogens is 356 g/mol. The molecule has 1 aromatic heterocycles. The van der Waals surface area contributed by atoms with E-state index in [1.54, 1.807) is 0 Å². The maximum atomic E-state index is 13.0. The second-order valence-corrected chi connectivity index (χ2v) is 9.03. The van der Waals surface area contributed by atoms with Gasteiger partial charge in [-0.05, 0) is 26.7 Å². The van der Waals surface area contributed by atoms with E-state index in [0.29, 0.717) is 31.9 Å². The summed E-state index contributed by atoms with van der Waals surface area (Å²) in [7, 11) is -3.54. The van der Waals surface area contributed by atoms with Crippen molar-refractivity contribution >= 4 is 16.1 Å². The van der Waals surface area contributed by atoms with Gasteiger partial charge in [0.1, 0.15) is 5.76 Å². The summed E-state index contributed by atoms with van der Waals surface area (Å²) in [5, 5.41) is 3.97. The average Bonchev–Trinajstić information content (AvgIpc) is 2.79. The van der Waals surface area contributed by atoms with Crippen molar-refractivity contribution in [1.82, 2.24) is 18.7 Å². The first kappa shape index (κ1) is 19.3. The summed E-state index contributed by atoms with van der Waals surface area (Å²) in [5.74, 6) is 0.473. The standard InChI is InChI=1S/C17H28N4O4S/c1-5-19(6-2)26(23,24)20-9-14-7-8-15(10-20)21(17(14)22)11-16-12(3)18-25-13(16)4/h14-15H,5-11H2,1-4H3/t14-,15+/m0/s1. The van der Waals surface area contributed by atoms with Crippen molar-refractivity contribution in [2.75, 3.05) is 26.2 Å².